The number of unbranched alkanes of at least 4 members (excludes halogenated alkanes) is 5. The third kappa shape index (κ3) is 6.07. The van der Waals surface area contributed by atoms with Gasteiger partial charge in [0.15, 0.2) is 0 Å². The maximum Gasteiger partial charge on any atom is 0.355 e. The van der Waals surface area contributed by atoms with E-state index < -0.39 is 0 Å². The Morgan fingerprint density at radius 1 is 0.931 bits per heavy atom. The van der Waals surface area contributed by atoms with E-state index in [0.29, 0.717) is 15.6 Å². The molecule has 0 bridgehead atoms. The first-order valence-corrected chi connectivity index (χ1v) is 12.6. The summed E-state index contributed by atoms with van der Waals surface area (Å²) in [7, 11) is 0. The molecule has 29 heavy (non-hydrogen) atoms. The fourth-order valence-electron chi connectivity index (χ4n) is 3.32. The second kappa shape index (κ2) is 11.1. The van der Waals surface area contributed by atoms with Crippen LogP contribution in [0.25, 0.3) is 9.40 Å². The molecule has 0 spiro atoms. The normalized spacial score (nSPS) is 11.3. The predicted octanol–water partition coefficient (Wildman–Crippen LogP) is 8.69. The Hall–Kier alpha value is -1.36. The summed E-state index contributed by atoms with van der Waals surface area (Å²) in [4.78, 5) is 14.5. The number of carbonyl (C=O) groups is 1. The van der Waals surface area contributed by atoms with Crippen molar-refractivity contribution in [1.82, 2.24) is 0 Å². The number of thiophene rings is 2. The zero-order valence-corrected chi connectivity index (χ0v) is 19.7. The molecule has 0 fully saturated rings. The topological polar surface area (TPSA) is 26.3 Å². The van der Waals surface area contributed by atoms with E-state index >= 15 is 0 Å². The highest BCUT2D eigenvalue weighted by molar-refractivity contribution is 7.29. The molecule has 0 aliphatic rings. The van der Waals surface area contributed by atoms with Crippen LogP contribution in [0.3, 0.4) is 0 Å². The number of hydrogen-bond acceptors (Lipinski definition) is 4. The fraction of sp³-hybridized carbons (Fsp3) is 0.458. The molecule has 3 rings (SSSR count). The third-order valence-corrected chi connectivity index (χ3v) is 8.09. The Balaban J connectivity index is 1.61. The van der Waals surface area contributed by atoms with Gasteiger partial charge < -0.3 is 4.74 Å². The summed E-state index contributed by atoms with van der Waals surface area (Å²) in [5.41, 5.74) is 1.27. The van der Waals surface area contributed by atoms with E-state index in [1.165, 1.54) is 66.7 Å². The van der Waals surface area contributed by atoms with Crippen molar-refractivity contribution >= 4 is 49.6 Å². The van der Waals surface area contributed by atoms with E-state index in [1.807, 2.05) is 24.3 Å². The number of fused-ring (bicyclic) bond motifs is 1. The molecule has 0 aliphatic heterocycles. The summed E-state index contributed by atoms with van der Waals surface area (Å²) in [6, 6.07) is 9.97. The number of rotatable bonds is 11. The summed E-state index contributed by atoms with van der Waals surface area (Å²) >= 11 is 9.69. The summed E-state index contributed by atoms with van der Waals surface area (Å²) in [5, 5.41) is 0.539. The largest absolute Gasteiger partial charge is 0.422 e. The second-order valence-electron chi connectivity index (χ2n) is 7.45. The Morgan fingerprint density at radius 3 is 2.34 bits per heavy atom. The van der Waals surface area contributed by atoms with Crippen molar-refractivity contribution in [3.8, 4) is 5.75 Å². The highest BCUT2D eigenvalue weighted by atomic mass is 35.5. The molecule has 2 heterocycles. The molecule has 0 unspecified atom stereocenters. The van der Waals surface area contributed by atoms with Gasteiger partial charge in [-0.3, -0.25) is 0 Å². The van der Waals surface area contributed by atoms with Gasteiger partial charge >= 0.3 is 5.97 Å². The van der Waals surface area contributed by atoms with E-state index in [1.54, 1.807) is 11.3 Å². The highest BCUT2D eigenvalue weighted by Gasteiger charge is 2.21. The van der Waals surface area contributed by atoms with Crippen molar-refractivity contribution in [2.24, 2.45) is 0 Å². The average molecular weight is 449 g/mol. The Labute approximate surface area is 186 Å². The van der Waals surface area contributed by atoms with Gasteiger partial charge in [0.05, 0.1) is 9.72 Å². The predicted molar refractivity (Wildman–Crippen MR) is 127 cm³/mol. The van der Waals surface area contributed by atoms with Crippen molar-refractivity contribution in [1.29, 1.82) is 0 Å². The van der Waals surface area contributed by atoms with Gasteiger partial charge in [-0.05, 0) is 49.4 Å². The van der Waals surface area contributed by atoms with Gasteiger partial charge in [0.2, 0.25) is 0 Å². The van der Waals surface area contributed by atoms with Gasteiger partial charge in [-0.25, -0.2) is 4.79 Å². The van der Waals surface area contributed by atoms with Crippen molar-refractivity contribution in [2.75, 3.05) is 0 Å². The molecule has 3 aromatic rings. The van der Waals surface area contributed by atoms with Gasteiger partial charge in [0.1, 0.15) is 10.6 Å². The molecule has 2 aromatic heterocycles. The molecular weight excluding hydrogens is 420 g/mol. The maximum absolute atomic E-state index is 12.6. The lowest BCUT2D eigenvalue weighted by Gasteiger charge is -2.05. The lowest BCUT2D eigenvalue weighted by Crippen LogP contribution is -2.06. The molecule has 0 aliphatic carbocycles. The van der Waals surface area contributed by atoms with Gasteiger partial charge in [-0.1, -0.05) is 69.7 Å². The van der Waals surface area contributed by atoms with Crippen LogP contribution in [-0.2, 0) is 12.8 Å². The Morgan fingerprint density at radius 2 is 1.66 bits per heavy atom. The van der Waals surface area contributed by atoms with Gasteiger partial charge in [0.25, 0.3) is 0 Å². The van der Waals surface area contributed by atoms with Crippen LogP contribution in [0.1, 0.15) is 78.9 Å². The lowest BCUT2D eigenvalue weighted by atomic mass is 10.1. The second-order valence-corrected chi connectivity index (χ2v) is 10.0. The standard InChI is InChI=1S/C24H29ClO2S2/c1-3-5-7-8-9-11-19-16-20-22(28-19)21(25)23(29-20)24(26)27-18-14-12-17(13-15-18)10-6-4-2/h12-16H,3-11H2,1-2H3. The van der Waals surface area contributed by atoms with Crippen molar-refractivity contribution < 1.29 is 9.53 Å². The summed E-state index contributed by atoms with van der Waals surface area (Å²) in [6.07, 6.45) is 10.9. The minimum Gasteiger partial charge on any atom is -0.422 e. The molecular formula is C24H29ClO2S2. The molecule has 2 nitrogen and oxygen atoms in total. The molecule has 1 aromatic carbocycles. The van der Waals surface area contributed by atoms with E-state index in [9.17, 15) is 4.79 Å². The molecule has 0 saturated heterocycles. The zero-order valence-electron chi connectivity index (χ0n) is 17.3. The molecule has 0 atom stereocenters. The molecule has 0 amide bonds. The first-order valence-electron chi connectivity index (χ1n) is 10.6. The van der Waals surface area contributed by atoms with Crippen LogP contribution in [0.5, 0.6) is 5.75 Å². The first kappa shape index (κ1) is 22.3. The number of esters is 1. The van der Waals surface area contributed by atoms with Crippen LogP contribution in [-0.4, -0.2) is 5.97 Å². The minimum absolute atomic E-state index is 0.370. The number of aryl methyl sites for hydroxylation is 2. The number of halogens is 1. The van der Waals surface area contributed by atoms with Crippen molar-refractivity contribution in [2.45, 2.75) is 71.6 Å². The number of ether oxygens (including phenoxy) is 1. The lowest BCUT2D eigenvalue weighted by molar-refractivity contribution is 0.0740. The monoisotopic (exact) mass is 448 g/mol. The van der Waals surface area contributed by atoms with Gasteiger partial charge in [-0.15, -0.1) is 22.7 Å². The molecule has 0 radical (unpaired) electrons. The van der Waals surface area contributed by atoms with E-state index in [4.69, 9.17) is 16.3 Å². The van der Waals surface area contributed by atoms with Crippen molar-refractivity contribution in [3.63, 3.8) is 0 Å². The van der Waals surface area contributed by atoms with Crippen LogP contribution >= 0.6 is 34.3 Å². The fourth-order valence-corrected chi connectivity index (χ4v) is 6.15. The third-order valence-electron chi connectivity index (χ3n) is 5.02. The Bertz CT molecular complexity index is 924. The molecule has 5 heteroatoms. The number of benzene rings is 1. The van der Waals surface area contributed by atoms with Gasteiger partial charge in [0, 0.05) is 9.58 Å². The number of hydrogen-bond donors (Lipinski definition) is 0. The van der Waals surface area contributed by atoms with Crippen LogP contribution in [0.4, 0.5) is 0 Å². The summed E-state index contributed by atoms with van der Waals surface area (Å²) in [6.45, 7) is 4.42. The Kier molecular flexibility index (Phi) is 8.58. The number of carbonyl (C=O) groups excluding carboxylic acids is 1. The quantitative estimate of drug-likeness (QED) is 0.166. The van der Waals surface area contributed by atoms with E-state index in [2.05, 4.69) is 19.9 Å². The summed E-state index contributed by atoms with van der Waals surface area (Å²) < 4.78 is 7.67. The van der Waals surface area contributed by atoms with Gasteiger partial charge in [-0.2, -0.15) is 0 Å². The molecule has 0 saturated carbocycles. The minimum atomic E-state index is -0.370. The first-order chi connectivity index (χ1) is 14.1. The van der Waals surface area contributed by atoms with Crippen LogP contribution in [0, 0.1) is 0 Å². The van der Waals surface area contributed by atoms with E-state index in [0.717, 1.165) is 22.2 Å². The van der Waals surface area contributed by atoms with E-state index in [-0.39, 0.29) is 5.97 Å². The SMILES string of the molecule is CCCCCCCc1cc2sc(C(=O)Oc3ccc(CCCC)cc3)c(Cl)c2s1. The summed E-state index contributed by atoms with van der Waals surface area (Å²) in [5.74, 6) is 0.196. The smallest absolute Gasteiger partial charge is 0.355 e. The van der Waals surface area contributed by atoms with Crippen LogP contribution < -0.4 is 4.74 Å². The van der Waals surface area contributed by atoms with Crippen molar-refractivity contribution in [3.05, 3.63) is 50.7 Å². The maximum atomic E-state index is 12.6. The molecule has 156 valence electrons. The average Bonchev–Trinajstić information content (AvgIpc) is 3.26. The highest BCUT2D eigenvalue weighted by Crippen LogP contribution is 2.41. The molecule has 0 N–H and O–H groups in total. The van der Waals surface area contributed by atoms with Crippen LogP contribution in [0.15, 0.2) is 30.3 Å². The zero-order chi connectivity index (χ0) is 20.6. The van der Waals surface area contributed by atoms with Crippen LogP contribution in [0.2, 0.25) is 5.02 Å².